The van der Waals surface area contributed by atoms with E-state index in [2.05, 4.69) is 10.0 Å². The first-order chi connectivity index (χ1) is 12.5. The molecular weight excluding hydrogens is 352 g/mol. The van der Waals surface area contributed by atoms with Crippen LogP contribution < -0.4 is 10.0 Å². The number of carbonyl (C=O) groups excluding carboxylic acids is 1. The SMILES string of the molecule is O=C(NCC1CCCCC1)c1ccc(S(=O)(=O)NCc2ccco2)cc1. The van der Waals surface area contributed by atoms with E-state index in [1.807, 2.05) is 0 Å². The smallest absolute Gasteiger partial charge is 0.251 e. The Balaban J connectivity index is 1.55. The van der Waals surface area contributed by atoms with Crippen molar-refractivity contribution in [3.63, 3.8) is 0 Å². The average molecular weight is 376 g/mol. The van der Waals surface area contributed by atoms with Gasteiger partial charge in [0.05, 0.1) is 17.7 Å². The van der Waals surface area contributed by atoms with Gasteiger partial charge in [-0.15, -0.1) is 0 Å². The largest absolute Gasteiger partial charge is 0.468 e. The number of furan rings is 1. The van der Waals surface area contributed by atoms with Crippen molar-refractivity contribution in [3.8, 4) is 0 Å². The first-order valence-electron chi connectivity index (χ1n) is 8.95. The Morgan fingerprint density at radius 2 is 1.81 bits per heavy atom. The lowest BCUT2D eigenvalue weighted by Crippen LogP contribution is -2.30. The molecule has 0 saturated heterocycles. The monoisotopic (exact) mass is 376 g/mol. The third-order valence-corrected chi connectivity index (χ3v) is 6.14. The molecule has 0 radical (unpaired) electrons. The number of sulfonamides is 1. The Kier molecular flexibility index (Phi) is 6.11. The molecule has 3 rings (SSSR count). The van der Waals surface area contributed by atoms with Gasteiger partial charge in [0, 0.05) is 12.1 Å². The molecule has 0 atom stereocenters. The fourth-order valence-electron chi connectivity index (χ4n) is 3.18. The van der Waals surface area contributed by atoms with Crippen molar-refractivity contribution in [2.24, 2.45) is 5.92 Å². The van der Waals surface area contributed by atoms with E-state index in [0.717, 1.165) is 0 Å². The standard InChI is InChI=1S/C19H24N2O4S/c22-19(20-13-15-5-2-1-3-6-15)16-8-10-18(11-9-16)26(23,24)21-14-17-7-4-12-25-17/h4,7-12,15,21H,1-3,5-6,13-14H2,(H,20,22). The number of amides is 1. The highest BCUT2D eigenvalue weighted by atomic mass is 32.2. The predicted octanol–water partition coefficient (Wildman–Crippen LogP) is 3.07. The van der Waals surface area contributed by atoms with Crippen LogP contribution in [0.3, 0.4) is 0 Å². The van der Waals surface area contributed by atoms with Crippen LogP contribution in [-0.2, 0) is 16.6 Å². The van der Waals surface area contributed by atoms with Gasteiger partial charge in [-0.2, -0.15) is 0 Å². The van der Waals surface area contributed by atoms with Gasteiger partial charge in [-0.25, -0.2) is 13.1 Å². The van der Waals surface area contributed by atoms with Crippen molar-refractivity contribution in [1.29, 1.82) is 0 Å². The molecule has 26 heavy (non-hydrogen) atoms. The predicted molar refractivity (Wildman–Crippen MR) is 98.1 cm³/mol. The maximum absolute atomic E-state index is 12.3. The minimum atomic E-state index is -3.65. The zero-order chi connectivity index (χ0) is 18.4. The second kappa shape index (κ2) is 8.51. The second-order valence-corrected chi connectivity index (χ2v) is 8.41. The fourth-order valence-corrected chi connectivity index (χ4v) is 4.17. The minimum absolute atomic E-state index is 0.0823. The molecule has 1 saturated carbocycles. The average Bonchev–Trinajstić information content (AvgIpc) is 3.19. The molecule has 7 heteroatoms. The Morgan fingerprint density at radius 1 is 1.08 bits per heavy atom. The zero-order valence-corrected chi connectivity index (χ0v) is 15.4. The van der Waals surface area contributed by atoms with Gasteiger partial charge >= 0.3 is 0 Å². The van der Waals surface area contributed by atoms with Crippen LogP contribution in [0.1, 0.15) is 48.2 Å². The van der Waals surface area contributed by atoms with E-state index in [1.165, 1.54) is 62.6 Å². The fraction of sp³-hybridized carbons (Fsp3) is 0.421. The van der Waals surface area contributed by atoms with Crippen molar-refractivity contribution in [1.82, 2.24) is 10.0 Å². The molecule has 0 unspecified atom stereocenters. The lowest BCUT2D eigenvalue weighted by atomic mass is 9.89. The minimum Gasteiger partial charge on any atom is -0.468 e. The van der Waals surface area contributed by atoms with Crippen LogP contribution in [0.5, 0.6) is 0 Å². The summed E-state index contributed by atoms with van der Waals surface area (Å²) in [6, 6.07) is 9.36. The molecule has 1 aliphatic rings. The van der Waals surface area contributed by atoms with Gasteiger partial charge in [-0.05, 0) is 55.2 Å². The highest BCUT2D eigenvalue weighted by molar-refractivity contribution is 7.89. The van der Waals surface area contributed by atoms with Crippen LogP contribution in [0.4, 0.5) is 0 Å². The Labute approximate surface area is 154 Å². The molecule has 0 aliphatic heterocycles. The first kappa shape index (κ1) is 18.7. The number of carbonyl (C=O) groups is 1. The third kappa shape index (κ3) is 4.95. The van der Waals surface area contributed by atoms with E-state index in [4.69, 9.17) is 4.42 Å². The van der Waals surface area contributed by atoms with Crippen LogP contribution >= 0.6 is 0 Å². The summed E-state index contributed by atoms with van der Waals surface area (Å²) < 4.78 is 32.2. The van der Waals surface area contributed by atoms with Crippen molar-refractivity contribution in [3.05, 3.63) is 54.0 Å². The van der Waals surface area contributed by atoms with Crippen molar-refractivity contribution >= 4 is 15.9 Å². The van der Waals surface area contributed by atoms with Crippen molar-refractivity contribution < 1.29 is 17.6 Å². The lowest BCUT2D eigenvalue weighted by molar-refractivity contribution is 0.0943. The van der Waals surface area contributed by atoms with Gasteiger partial charge in [0.15, 0.2) is 0 Å². The topological polar surface area (TPSA) is 88.4 Å². The van der Waals surface area contributed by atoms with Crippen molar-refractivity contribution in [2.75, 3.05) is 6.54 Å². The van der Waals surface area contributed by atoms with Crippen LogP contribution in [0.2, 0.25) is 0 Å². The van der Waals surface area contributed by atoms with Gasteiger partial charge < -0.3 is 9.73 Å². The third-order valence-electron chi connectivity index (χ3n) is 4.72. The second-order valence-electron chi connectivity index (χ2n) is 6.64. The molecule has 0 spiro atoms. The van der Waals surface area contributed by atoms with Gasteiger partial charge in [0.1, 0.15) is 5.76 Å². The molecule has 2 N–H and O–H groups in total. The van der Waals surface area contributed by atoms with Gasteiger partial charge in [0.2, 0.25) is 10.0 Å². The van der Waals surface area contributed by atoms with Crippen LogP contribution in [-0.4, -0.2) is 20.9 Å². The van der Waals surface area contributed by atoms with E-state index < -0.39 is 10.0 Å². The number of benzene rings is 1. The number of rotatable bonds is 7. The zero-order valence-electron chi connectivity index (χ0n) is 14.6. The maximum atomic E-state index is 12.3. The lowest BCUT2D eigenvalue weighted by Gasteiger charge is -2.21. The molecule has 6 nitrogen and oxygen atoms in total. The van der Waals surface area contributed by atoms with E-state index in [1.54, 1.807) is 12.1 Å². The summed E-state index contributed by atoms with van der Waals surface area (Å²) in [7, 11) is -3.65. The Hall–Kier alpha value is -2.12. The quantitative estimate of drug-likeness (QED) is 0.777. The molecule has 2 aromatic rings. The summed E-state index contributed by atoms with van der Waals surface area (Å²) in [5, 5.41) is 2.95. The van der Waals surface area contributed by atoms with Gasteiger partial charge in [-0.3, -0.25) is 4.79 Å². The normalized spacial score (nSPS) is 15.7. The van der Waals surface area contributed by atoms with E-state index in [-0.39, 0.29) is 17.3 Å². The summed E-state index contributed by atoms with van der Waals surface area (Å²) in [6.07, 6.45) is 7.58. The van der Waals surface area contributed by atoms with Gasteiger partial charge in [0.25, 0.3) is 5.91 Å². The van der Waals surface area contributed by atoms with Crippen LogP contribution in [0.25, 0.3) is 0 Å². The Morgan fingerprint density at radius 3 is 2.46 bits per heavy atom. The summed E-state index contributed by atoms with van der Waals surface area (Å²) in [4.78, 5) is 12.4. The number of hydrogen-bond donors (Lipinski definition) is 2. The summed E-state index contributed by atoms with van der Waals surface area (Å²) in [5.41, 5.74) is 0.464. The molecule has 1 aliphatic carbocycles. The Bertz CT molecular complexity index is 808. The van der Waals surface area contributed by atoms with Crippen molar-refractivity contribution in [2.45, 2.75) is 43.5 Å². The molecular formula is C19H24N2O4S. The van der Waals surface area contributed by atoms with E-state index in [9.17, 15) is 13.2 Å². The van der Waals surface area contributed by atoms with E-state index >= 15 is 0 Å². The molecule has 1 aromatic carbocycles. The first-order valence-corrected chi connectivity index (χ1v) is 10.4. The number of hydrogen-bond acceptors (Lipinski definition) is 4. The maximum Gasteiger partial charge on any atom is 0.251 e. The molecule has 140 valence electrons. The summed E-state index contributed by atoms with van der Waals surface area (Å²) in [5.74, 6) is 0.925. The molecule has 1 heterocycles. The molecule has 1 fully saturated rings. The molecule has 1 amide bonds. The highest BCUT2D eigenvalue weighted by Crippen LogP contribution is 2.22. The highest BCUT2D eigenvalue weighted by Gasteiger charge is 2.17. The summed E-state index contributed by atoms with van der Waals surface area (Å²) >= 11 is 0. The van der Waals surface area contributed by atoms with Crippen LogP contribution in [0.15, 0.2) is 52.0 Å². The molecule has 0 bridgehead atoms. The number of nitrogens with one attached hydrogen (secondary N) is 2. The van der Waals surface area contributed by atoms with E-state index in [0.29, 0.717) is 23.8 Å². The van der Waals surface area contributed by atoms with Gasteiger partial charge in [-0.1, -0.05) is 19.3 Å². The van der Waals surface area contributed by atoms with Crippen LogP contribution in [0, 0.1) is 5.92 Å². The molecule has 1 aromatic heterocycles. The summed E-state index contributed by atoms with van der Waals surface area (Å²) in [6.45, 7) is 0.766.